The minimum Gasteiger partial charge on any atom is -0.385 e. The summed E-state index contributed by atoms with van der Waals surface area (Å²) in [5, 5.41) is 7.07. The van der Waals surface area contributed by atoms with Crippen LogP contribution in [0, 0.1) is 6.92 Å². The second-order valence-electron chi connectivity index (χ2n) is 4.67. The summed E-state index contributed by atoms with van der Waals surface area (Å²) >= 11 is 1.64. The Balaban J connectivity index is 1.78. The maximum atomic E-state index is 11.6. The molecule has 114 valence electrons. The van der Waals surface area contributed by atoms with Gasteiger partial charge in [0.2, 0.25) is 5.91 Å². The number of nitrogens with zero attached hydrogens (tertiary/aromatic N) is 2. The number of anilines is 1. The number of amides is 1. The van der Waals surface area contributed by atoms with Gasteiger partial charge in [0.05, 0.1) is 5.39 Å². The summed E-state index contributed by atoms with van der Waals surface area (Å²) in [5.74, 6) is 0.821. The predicted molar refractivity (Wildman–Crippen MR) is 84.8 cm³/mol. The maximum Gasteiger partial charge on any atom is 0.221 e. The van der Waals surface area contributed by atoms with Crippen molar-refractivity contribution >= 4 is 33.3 Å². The smallest absolute Gasteiger partial charge is 0.221 e. The molecule has 0 atom stereocenters. The molecule has 7 heteroatoms. The molecule has 0 aliphatic heterocycles. The van der Waals surface area contributed by atoms with Crippen LogP contribution < -0.4 is 10.6 Å². The van der Waals surface area contributed by atoms with Gasteiger partial charge in [0.15, 0.2) is 0 Å². The second kappa shape index (κ2) is 7.90. The average Bonchev–Trinajstić information content (AvgIpc) is 2.85. The number of aromatic nitrogens is 2. The Morgan fingerprint density at radius 2 is 2.24 bits per heavy atom. The van der Waals surface area contributed by atoms with Crippen LogP contribution in [0.25, 0.3) is 10.2 Å². The lowest BCUT2D eigenvalue weighted by Gasteiger charge is -2.07. The van der Waals surface area contributed by atoms with E-state index in [9.17, 15) is 4.79 Å². The fourth-order valence-electron chi connectivity index (χ4n) is 1.94. The van der Waals surface area contributed by atoms with E-state index in [1.807, 2.05) is 6.92 Å². The van der Waals surface area contributed by atoms with Crippen molar-refractivity contribution in [2.24, 2.45) is 0 Å². The van der Waals surface area contributed by atoms with E-state index in [2.05, 4.69) is 26.7 Å². The lowest BCUT2D eigenvalue weighted by molar-refractivity contribution is -0.120. The minimum absolute atomic E-state index is 0.0328. The standard InChI is InChI=1S/C14H20N4O2S/c1-10-8-11-13(17-9-18-14(11)21-10)16-6-4-12(19)15-5-3-7-20-2/h8-9H,3-7H2,1-2H3,(H,15,19)(H,16,17,18). The first-order valence-electron chi connectivity index (χ1n) is 6.91. The molecule has 0 fully saturated rings. The van der Waals surface area contributed by atoms with Crippen molar-refractivity contribution in [3.8, 4) is 0 Å². The number of carbonyl (C=O) groups excluding carboxylic acids is 1. The van der Waals surface area contributed by atoms with Crippen LogP contribution >= 0.6 is 11.3 Å². The van der Waals surface area contributed by atoms with Crippen molar-refractivity contribution in [2.45, 2.75) is 19.8 Å². The van der Waals surface area contributed by atoms with Crippen molar-refractivity contribution in [3.05, 3.63) is 17.3 Å². The van der Waals surface area contributed by atoms with Gasteiger partial charge in [-0.25, -0.2) is 9.97 Å². The SMILES string of the molecule is COCCCNC(=O)CCNc1ncnc2sc(C)cc12. The van der Waals surface area contributed by atoms with E-state index in [0.29, 0.717) is 26.1 Å². The van der Waals surface area contributed by atoms with E-state index < -0.39 is 0 Å². The highest BCUT2D eigenvalue weighted by molar-refractivity contribution is 7.18. The van der Waals surface area contributed by atoms with Crippen LogP contribution in [0.3, 0.4) is 0 Å². The zero-order valence-electron chi connectivity index (χ0n) is 12.3. The normalized spacial score (nSPS) is 10.8. The van der Waals surface area contributed by atoms with Crippen molar-refractivity contribution in [1.29, 1.82) is 0 Å². The Labute approximate surface area is 127 Å². The van der Waals surface area contributed by atoms with Gasteiger partial charge in [0, 0.05) is 38.1 Å². The van der Waals surface area contributed by atoms with Gasteiger partial charge < -0.3 is 15.4 Å². The summed E-state index contributed by atoms with van der Waals surface area (Å²) < 4.78 is 4.93. The topological polar surface area (TPSA) is 76.1 Å². The molecule has 0 aromatic carbocycles. The van der Waals surface area contributed by atoms with Gasteiger partial charge in [-0.05, 0) is 19.4 Å². The first kappa shape index (κ1) is 15.7. The molecule has 2 aromatic rings. The minimum atomic E-state index is 0.0328. The molecule has 0 aliphatic carbocycles. The summed E-state index contributed by atoms with van der Waals surface area (Å²) in [7, 11) is 1.65. The first-order chi connectivity index (χ1) is 10.2. The average molecular weight is 308 g/mol. The third-order valence-electron chi connectivity index (χ3n) is 2.94. The highest BCUT2D eigenvalue weighted by Crippen LogP contribution is 2.27. The number of ether oxygens (including phenoxy) is 1. The van der Waals surface area contributed by atoms with Gasteiger partial charge in [-0.2, -0.15) is 0 Å². The Hall–Kier alpha value is -1.73. The van der Waals surface area contributed by atoms with Gasteiger partial charge in [-0.3, -0.25) is 4.79 Å². The van der Waals surface area contributed by atoms with Gasteiger partial charge >= 0.3 is 0 Å². The van der Waals surface area contributed by atoms with Crippen molar-refractivity contribution in [3.63, 3.8) is 0 Å². The van der Waals surface area contributed by atoms with Crippen LogP contribution in [-0.2, 0) is 9.53 Å². The number of methoxy groups -OCH3 is 1. The fourth-order valence-corrected chi connectivity index (χ4v) is 2.79. The van der Waals surface area contributed by atoms with Crippen molar-refractivity contribution in [1.82, 2.24) is 15.3 Å². The maximum absolute atomic E-state index is 11.6. The molecule has 6 nitrogen and oxygen atoms in total. The van der Waals surface area contributed by atoms with E-state index in [4.69, 9.17) is 4.74 Å². The number of hydrogen-bond donors (Lipinski definition) is 2. The van der Waals surface area contributed by atoms with E-state index >= 15 is 0 Å². The molecular weight excluding hydrogens is 288 g/mol. The van der Waals surface area contributed by atoms with E-state index in [-0.39, 0.29) is 5.91 Å². The summed E-state index contributed by atoms with van der Waals surface area (Å²) in [6.07, 6.45) is 2.80. The van der Waals surface area contributed by atoms with Crippen LogP contribution in [0.2, 0.25) is 0 Å². The van der Waals surface area contributed by atoms with E-state index in [0.717, 1.165) is 22.5 Å². The first-order valence-corrected chi connectivity index (χ1v) is 7.73. The number of hydrogen-bond acceptors (Lipinski definition) is 6. The van der Waals surface area contributed by atoms with Gasteiger partial charge in [0.25, 0.3) is 0 Å². The lowest BCUT2D eigenvalue weighted by Crippen LogP contribution is -2.27. The summed E-state index contributed by atoms with van der Waals surface area (Å²) in [5.41, 5.74) is 0. The molecule has 21 heavy (non-hydrogen) atoms. The molecule has 0 saturated heterocycles. The molecule has 0 saturated carbocycles. The van der Waals surface area contributed by atoms with Gasteiger partial charge in [-0.15, -0.1) is 11.3 Å². The van der Waals surface area contributed by atoms with Gasteiger partial charge in [0.1, 0.15) is 17.0 Å². The number of aryl methyl sites for hydroxylation is 1. The highest BCUT2D eigenvalue weighted by atomic mass is 32.1. The molecule has 2 N–H and O–H groups in total. The molecule has 0 bridgehead atoms. The second-order valence-corrected chi connectivity index (χ2v) is 5.91. The zero-order valence-corrected chi connectivity index (χ0v) is 13.1. The monoisotopic (exact) mass is 308 g/mol. The molecular formula is C14H20N4O2S. The van der Waals surface area contributed by atoms with Crippen LogP contribution in [0.4, 0.5) is 5.82 Å². The van der Waals surface area contributed by atoms with Crippen molar-refractivity contribution < 1.29 is 9.53 Å². The fraction of sp³-hybridized carbons (Fsp3) is 0.500. The summed E-state index contributed by atoms with van der Waals surface area (Å²) in [4.78, 5) is 22.3. The third-order valence-corrected chi connectivity index (χ3v) is 3.90. The number of nitrogens with one attached hydrogen (secondary N) is 2. The Morgan fingerprint density at radius 3 is 3.05 bits per heavy atom. The summed E-state index contributed by atoms with van der Waals surface area (Å²) in [6.45, 7) is 3.91. The molecule has 0 spiro atoms. The Morgan fingerprint density at radius 1 is 1.38 bits per heavy atom. The predicted octanol–water partition coefficient (Wildman–Crippen LogP) is 1.95. The van der Waals surface area contributed by atoms with E-state index in [1.165, 1.54) is 4.88 Å². The Bertz CT molecular complexity index is 600. The van der Waals surface area contributed by atoms with Crippen LogP contribution in [0.1, 0.15) is 17.7 Å². The molecule has 2 aromatic heterocycles. The van der Waals surface area contributed by atoms with Gasteiger partial charge in [-0.1, -0.05) is 0 Å². The van der Waals surface area contributed by atoms with E-state index in [1.54, 1.807) is 24.8 Å². The molecule has 2 rings (SSSR count). The molecule has 2 heterocycles. The third kappa shape index (κ3) is 4.64. The van der Waals surface area contributed by atoms with Crippen molar-refractivity contribution in [2.75, 3.05) is 32.1 Å². The quantitative estimate of drug-likeness (QED) is 0.729. The lowest BCUT2D eigenvalue weighted by atomic mass is 10.3. The van der Waals surface area contributed by atoms with Crippen LogP contribution in [0.15, 0.2) is 12.4 Å². The van der Waals surface area contributed by atoms with Crippen LogP contribution in [-0.4, -0.2) is 42.7 Å². The zero-order chi connectivity index (χ0) is 15.1. The largest absolute Gasteiger partial charge is 0.385 e. The highest BCUT2D eigenvalue weighted by Gasteiger charge is 2.07. The molecule has 0 unspecified atom stereocenters. The number of carbonyl (C=O) groups is 1. The summed E-state index contributed by atoms with van der Waals surface area (Å²) in [6, 6.07) is 2.06. The number of rotatable bonds is 8. The molecule has 0 aliphatic rings. The molecule has 1 amide bonds. The van der Waals surface area contributed by atoms with Crippen LogP contribution in [0.5, 0.6) is 0 Å². The Kier molecular flexibility index (Phi) is 5.89. The number of fused-ring (bicyclic) bond motifs is 1. The number of thiophene rings is 1. The molecule has 0 radical (unpaired) electrons.